The van der Waals surface area contributed by atoms with Crippen LogP contribution in [0, 0.1) is 0 Å². The Bertz CT molecular complexity index is 41.6. The van der Waals surface area contributed by atoms with E-state index in [0.29, 0.717) is 20.9 Å². The van der Waals surface area contributed by atoms with Crippen molar-refractivity contribution >= 4 is 65.5 Å². The van der Waals surface area contributed by atoms with E-state index in [2.05, 4.69) is 0 Å². The molecule has 0 rings (SSSR count). The quantitative estimate of drug-likeness (QED) is 0.402. The van der Waals surface area contributed by atoms with Crippen molar-refractivity contribution in [1.82, 2.24) is 0 Å². The van der Waals surface area contributed by atoms with Gasteiger partial charge in [0.15, 0.2) is 0 Å². The third-order valence-corrected chi connectivity index (χ3v) is 8.32. The summed E-state index contributed by atoms with van der Waals surface area (Å²) in [4.78, 5) is 0. The number of hydrogen-bond donors (Lipinski definition) is 0. The van der Waals surface area contributed by atoms with Gasteiger partial charge >= 0.3 is 96.2 Å². The third-order valence-electron chi connectivity index (χ3n) is 0.932. The molecule has 0 radical (unpaired) electrons. The molecule has 0 aliphatic heterocycles. The Balaban J connectivity index is 2.60. The molecule has 0 aromatic heterocycles. The van der Waals surface area contributed by atoms with Crippen molar-refractivity contribution in [2.75, 3.05) is 0 Å². The predicted molar refractivity (Wildman–Crippen MR) is 48.5 cm³/mol. The molecule has 0 amide bonds. The first-order valence-corrected chi connectivity index (χ1v) is 10.1. The fourth-order valence-corrected chi connectivity index (χ4v) is 5.71. The summed E-state index contributed by atoms with van der Waals surface area (Å²) in [6.45, 7) is 0. The van der Waals surface area contributed by atoms with Gasteiger partial charge < -0.3 is 0 Å². The van der Waals surface area contributed by atoms with E-state index >= 15 is 0 Å². The minimum atomic E-state index is 0.477. The first-order valence-electron chi connectivity index (χ1n) is 3.21. The van der Waals surface area contributed by atoms with E-state index in [-0.39, 0.29) is 0 Å². The summed E-state index contributed by atoms with van der Waals surface area (Å²) in [5.41, 5.74) is 0. The fraction of sp³-hybridized carbons (Fsp3) is 1.00. The topological polar surface area (TPSA) is 0 Å². The standard InChI is InChI=1S/C6H14Te3/c7-3-1-2-5-9-6-4-8/h7-8H,1-6H2. The summed E-state index contributed by atoms with van der Waals surface area (Å²) in [7, 11) is 0. The van der Waals surface area contributed by atoms with E-state index in [1.807, 2.05) is 44.6 Å². The molecule has 0 nitrogen and oxygen atoms in total. The zero-order valence-electron chi connectivity index (χ0n) is 5.55. The van der Waals surface area contributed by atoms with Crippen LogP contribution >= 0.6 is 0 Å². The van der Waals surface area contributed by atoms with Gasteiger partial charge in [0, 0.05) is 0 Å². The summed E-state index contributed by atoms with van der Waals surface area (Å²) >= 11 is 4.44. The van der Waals surface area contributed by atoms with Crippen LogP contribution < -0.4 is 0 Å². The van der Waals surface area contributed by atoms with Crippen LogP contribution in [0.1, 0.15) is 12.8 Å². The number of rotatable bonds is 6. The van der Waals surface area contributed by atoms with Gasteiger partial charge in [-0.05, 0) is 0 Å². The van der Waals surface area contributed by atoms with Crippen LogP contribution in [0.3, 0.4) is 0 Å². The molecule has 0 aromatic rings. The maximum absolute atomic E-state index is 1.99. The normalized spacial score (nSPS) is 10.0. The molecule has 0 bridgehead atoms. The van der Waals surface area contributed by atoms with Crippen molar-refractivity contribution in [3.05, 3.63) is 0 Å². The van der Waals surface area contributed by atoms with Gasteiger partial charge in [-0.2, -0.15) is 0 Å². The first kappa shape index (κ1) is 11.4. The SMILES string of the molecule is [TeH]CCCC[Te]CC[TeH]. The Morgan fingerprint density at radius 1 is 0.889 bits per heavy atom. The molecular formula is C6H14Te3. The molecule has 0 unspecified atom stereocenters. The molecule has 0 heterocycles. The molecule has 0 fully saturated rings. The predicted octanol–water partition coefficient (Wildman–Crippen LogP) is 0.946. The van der Waals surface area contributed by atoms with Crippen LogP contribution in [0.5, 0.6) is 0 Å². The average Bonchev–Trinajstić information content (AvgIpc) is 1.89. The number of hydrogen-bond acceptors (Lipinski definition) is 0. The molecule has 0 atom stereocenters. The van der Waals surface area contributed by atoms with Crippen molar-refractivity contribution in [3.63, 3.8) is 0 Å². The van der Waals surface area contributed by atoms with E-state index in [1.54, 1.807) is 8.94 Å². The van der Waals surface area contributed by atoms with Gasteiger partial charge in [0.1, 0.15) is 0 Å². The molecule has 0 spiro atoms. The Hall–Kier alpha value is 2.37. The Kier molecular flexibility index (Phi) is 13.1. The van der Waals surface area contributed by atoms with Crippen molar-refractivity contribution in [1.29, 1.82) is 0 Å². The first-order chi connectivity index (χ1) is 4.41. The van der Waals surface area contributed by atoms with E-state index in [4.69, 9.17) is 0 Å². The van der Waals surface area contributed by atoms with Crippen molar-refractivity contribution in [3.8, 4) is 0 Å². The monoisotopic (exact) mass is 476 g/mol. The van der Waals surface area contributed by atoms with Gasteiger partial charge in [-0.1, -0.05) is 0 Å². The van der Waals surface area contributed by atoms with Crippen LogP contribution in [0.4, 0.5) is 0 Å². The van der Waals surface area contributed by atoms with Crippen molar-refractivity contribution < 1.29 is 0 Å². The molecule has 0 aliphatic rings. The van der Waals surface area contributed by atoms with Gasteiger partial charge in [-0.3, -0.25) is 0 Å². The van der Waals surface area contributed by atoms with E-state index in [0.717, 1.165) is 0 Å². The van der Waals surface area contributed by atoms with Crippen LogP contribution in [-0.4, -0.2) is 65.5 Å². The third kappa shape index (κ3) is 10.4. The van der Waals surface area contributed by atoms with Gasteiger partial charge in [-0.15, -0.1) is 0 Å². The maximum atomic E-state index is 1.99. The zero-order chi connectivity index (χ0) is 6.95. The van der Waals surface area contributed by atoms with Crippen LogP contribution in [-0.2, 0) is 0 Å². The molecule has 56 valence electrons. The summed E-state index contributed by atoms with van der Waals surface area (Å²) in [5.74, 6) is 0. The molecule has 0 aliphatic carbocycles. The molecule has 0 saturated carbocycles. The van der Waals surface area contributed by atoms with Gasteiger partial charge in [0.2, 0.25) is 0 Å². The van der Waals surface area contributed by atoms with Gasteiger partial charge in [0.25, 0.3) is 0 Å². The molecule has 0 N–H and O–H groups in total. The molecule has 0 saturated heterocycles. The van der Waals surface area contributed by atoms with E-state index < -0.39 is 0 Å². The molecule has 0 aromatic carbocycles. The van der Waals surface area contributed by atoms with Crippen LogP contribution in [0.25, 0.3) is 0 Å². The molecular weight excluding hydrogens is 455 g/mol. The van der Waals surface area contributed by atoms with E-state index in [1.165, 1.54) is 21.8 Å². The molecule has 9 heavy (non-hydrogen) atoms. The fourth-order valence-electron chi connectivity index (χ4n) is 0.483. The van der Waals surface area contributed by atoms with Crippen molar-refractivity contribution in [2.24, 2.45) is 0 Å². The Morgan fingerprint density at radius 2 is 1.67 bits per heavy atom. The number of unbranched alkanes of at least 4 members (excludes halogenated alkanes) is 1. The Morgan fingerprint density at radius 3 is 2.22 bits per heavy atom. The summed E-state index contributed by atoms with van der Waals surface area (Å²) in [6, 6.07) is 0. The van der Waals surface area contributed by atoms with Crippen LogP contribution in [0.2, 0.25) is 17.9 Å². The average molecular weight is 469 g/mol. The van der Waals surface area contributed by atoms with Gasteiger partial charge in [0.05, 0.1) is 0 Å². The molecule has 3 heteroatoms. The van der Waals surface area contributed by atoms with Crippen LogP contribution in [0.15, 0.2) is 0 Å². The summed E-state index contributed by atoms with van der Waals surface area (Å²) in [6.07, 6.45) is 3.02. The second-order valence-electron chi connectivity index (χ2n) is 1.77. The Labute approximate surface area is 94.8 Å². The van der Waals surface area contributed by atoms with E-state index in [9.17, 15) is 0 Å². The second kappa shape index (κ2) is 10.4. The summed E-state index contributed by atoms with van der Waals surface area (Å²) < 4.78 is 6.12. The zero-order valence-corrected chi connectivity index (χ0v) is 13.0. The van der Waals surface area contributed by atoms with Crippen molar-refractivity contribution in [2.45, 2.75) is 30.7 Å². The minimum absolute atomic E-state index is 0.477. The second-order valence-corrected chi connectivity index (χ2v) is 7.82. The van der Waals surface area contributed by atoms with Gasteiger partial charge in [-0.25, -0.2) is 0 Å². The summed E-state index contributed by atoms with van der Waals surface area (Å²) in [5, 5.41) is 0.